The molecule has 0 radical (unpaired) electrons. The van der Waals surface area contributed by atoms with Crippen molar-refractivity contribution in [2.45, 2.75) is 51.0 Å². The van der Waals surface area contributed by atoms with Crippen LogP contribution in [0.4, 0.5) is 0 Å². The molecule has 1 rings (SSSR count). The summed E-state index contributed by atoms with van der Waals surface area (Å²) in [6.07, 6.45) is 6.06. The Morgan fingerprint density at radius 1 is 1.62 bits per heavy atom. The van der Waals surface area contributed by atoms with Crippen LogP contribution in [-0.4, -0.2) is 16.0 Å². The van der Waals surface area contributed by atoms with Gasteiger partial charge in [-0.1, -0.05) is 35.9 Å². The molecule has 1 aliphatic rings. The lowest BCUT2D eigenvalue weighted by Gasteiger charge is -2.35. The first-order chi connectivity index (χ1) is 6.22. The molecule has 1 atom stereocenters. The number of cyclic esters (lactones) is 1. The van der Waals surface area contributed by atoms with E-state index in [-0.39, 0.29) is 11.6 Å². The van der Waals surface area contributed by atoms with Crippen molar-refractivity contribution in [3.63, 3.8) is 0 Å². The molecule has 0 spiro atoms. The Bertz CT molecular complexity index is 182. The van der Waals surface area contributed by atoms with Crippen molar-refractivity contribution < 1.29 is 9.53 Å². The average Bonchev–Trinajstić information content (AvgIpc) is 2.15. The van der Waals surface area contributed by atoms with Crippen LogP contribution in [-0.2, 0) is 9.53 Å². The van der Waals surface area contributed by atoms with Crippen LogP contribution in [0, 0.1) is 0 Å². The highest BCUT2D eigenvalue weighted by Gasteiger charge is 2.35. The van der Waals surface area contributed by atoms with Crippen molar-refractivity contribution in [3.8, 4) is 0 Å². The van der Waals surface area contributed by atoms with E-state index in [4.69, 9.17) is 4.74 Å². The fraction of sp³-hybridized carbons (Fsp3) is 0.900. The van der Waals surface area contributed by atoms with Crippen molar-refractivity contribution in [2.75, 3.05) is 4.43 Å². The van der Waals surface area contributed by atoms with E-state index in [0.29, 0.717) is 6.42 Å². The molecule has 0 amide bonds. The Morgan fingerprint density at radius 3 is 2.92 bits per heavy atom. The molecule has 3 heteroatoms. The number of carbonyl (C=O) groups is 1. The molecule has 2 nitrogen and oxygen atoms in total. The fourth-order valence-corrected chi connectivity index (χ4v) is 2.65. The minimum Gasteiger partial charge on any atom is -0.458 e. The highest BCUT2D eigenvalue weighted by molar-refractivity contribution is 14.1. The molecular weight excluding hydrogens is 279 g/mol. The number of esters is 1. The molecule has 0 N–H and O–H groups in total. The molecule has 0 aliphatic carbocycles. The molecule has 1 heterocycles. The maximum atomic E-state index is 11.2. The maximum absolute atomic E-state index is 11.2. The van der Waals surface area contributed by atoms with Crippen molar-refractivity contribution >= 4 is 28.6 Å². The molecule has 0 aromatic heterocycles. The first-order valence-electron chi connectivity index (χ1n) is 5.00. The van der Waals surface area contributed by atoms with E-state index in [2.05, 4.69) is 29.5 Å². The molecule has 0 aromatic carbocycles. The van der Waals surface area contributed by atoms with E-state index in [0.717, 1.165) is 30.1 Å². The SMILES string of the molecule is CCCC[C@]1(CI)CCCC(=O)O1. The minimum absolute atomic E-state index is 0.000908. The fourth-order valence-electron chi connectivity index (χ4n) is 1.73. The van der Waals surface area contributed by atoms with E-state index in [1.807, 2.05) is 0 Å². The summed E-state index contributed by atoms with van der Waals surface area (Å²) in [4.78, 5) is 11.2. The number of hydrogen-bond donors (Lipinski definition) is 0. The third-order valence-corrected chi connectivity index (χ3v) is 3.96. The van der Waals surface area contributed by atoms with Crippen LogP contribution in [0.2, 0.25) is 0 Å². The van der Waals surface area contributed by atoms with Crippen molar-refractivity contribution in [1.29, 1.82) is 0 Å². The molecule has 1 saturated heterocycles. The summed E-state index contributed by atoms with van der Waals surface area (Å²) < 4.78 is 6.42. The Labute approximate surface area is 93.6 Å². The zero-order chi connectivity index (χ0) is 9.73. The normalized spacial score (nSPS) is 28.6. The van der Waals surface area contributed by atoms with E-state index < -0.39 is 0 Å². The third kappa shape index (κ3) is 3.11. The number of carbonyl (C=O) groups excluding carboxylic acids is 1. The lowest BCUT2D eigenvalue weighted by Crippen LogP contribution is -2.40. The van der Waals surface area contributed by atoms with Gasteiger partial charge in [-0.05, 0) is 25.7 Å². The summed E-state index contributed by atoms with van der Waals surface area (Å²) >= 11 is 2.33. The van der Waals surface area contributed by atoms with Crippen molar-refractivity contribution in [2.24, 2.45) is 0 Å². The van der Waals surface area contributed by atoms with Gasteiger partial charge in [-0.2, -0.15) is 0 Å². The van der Waals surface area contributed by atoms with Crippen molar-refractivity contribution in [1.82, 2.24) is 0 Å². The van der Waals surface area contributed by atoms with Crippen LogP contribution in [0.1, 0.15) is 45.4 Å². The van der Waals surface area contributed by atoms with Gasteiger partial charge in [0.2, 0.25) is 0 Å². The van der Waals surface area contributed by atoms with Crippen LogP contribution in [0.25, 0.3) is 0 Å². The molecule has 0 unspecified atom stereocenters. The summed E-state index contributed by atoms with van der Waals surface area (Å²) in [7, 11) is 0. The average molecular weight is 296 g/mol. The summed E-state index contributed by atoms with van der Waals surface area (Å²) in [6, 6.07) is 0. The summed E-state index contributed by atoms with van der Waals surface area (Å²) in [5.41, 5.74) is -0.119. The minimum atomic E-state index is -0.119. The molecule has 0 aromatic rings. The molecule has 0 saturated carbocycles. The standard InChI is InChI=1S/C10H17IO2/c1-2-3-6-10(8-11)7-4-5-9(12)13-10/h2-8H2,1H3/t10-/m1/s1. The Hall–Kier alpha value is 0.200. The maximum Gasteiger partial charge on any atom is 0.306 e. The third-order valence-electron chi connectivity index (χ3n) is 2.57. The molecule has 76 valence electrons. The largest absolute Gasteiger partial charge is 0.458 e. The highest BCUT2D eigenvalue weighted by Crippen LogP contribution is 2.32. The Balaban J connectivity index is 2.51. The Morgan fingerprint density at radius 2 is 2.38 bits per heavy atom. The van der Waals surface area contributed by atoms with Gasteiger partial charge in [0, 0.05) is 10.8 Å². The van der Waals surface area contributed by atoms with Gasteiger partial charge in [-0.25, -0.2) is 0 Å². The first kappa shape index (κ1) is 11.3. The molecule has 13 heavy (non-hydrogen) atoms. The smallest absolute Gasteiger partial charge is 0.306 e. The molecule has 1 fully saturated rings. The van der Waals surface area contributed by atoms with Gasteiger partial charge in [-0.3, -0.25) is 4.79 Å². The second-order valence-electron chi connectivity index (χ2n) is 3.75. The second kappa shape index (κ2) is 5.17. The lowest BCUT2D eigenvalue weighted by atomic mass is 9.90. The number of rotatable bonds is 4. The van der Waals surface area contributed by atoms with Gasteiger partial charge < -0.3 is 4.74 Å². The summed E-state index contributed by atoms with van der Waals surface area (Å²) in [5.74, 6) is -0.000908. The number of ether oxygens (including phenoxy) is 1. The second-order valence-corrected chi connectivity index (χ2v) is 4.51. The monoisotopic (exact) mass is 296 g/mol. The van der Waals surface area contributed by atoms with Crippen LogP contribution in [0.5, 0.6) is 0 Å². The predicted octanol–water partition coefficient (Wildman–Crippen LogP) is 3.08. The van der Waals surface area contributed by atoms with Crippen LogP contribution < -0.4 is 0 Å². The van der Waals surface area contributed by atoms with E-state index >= 15 is 0 Å². The van der Waals surface area contributed by atoms with E-state index in [1.54, 1.807) is 0 Å². The quantitative estimate of drug-likeness (QED) is 0.453. The molecular formula is C10H17IO2. The van der Waals surface area contributed by atoms with Gasteiger partial charge in [0.25, 0.3) is 0 Å². The lowest BCUT2D eigenvalue weighted by molar-refractivity contribution is -0.164. The van der Waals surface area contributed by atoms with Crippen LogP contribution in [0.3, 0.4) is 0 Å². The van der Waals surface area contributed by atoms with Gasteiger partial charge in [-0.15, -0.1) is 0 Å². The van der Waals surface area contributed by atoms with Gasteiger partial charge in [0.1, 0.15) is 5.60 Å². The van der Waals surface area contributed by atoms with Gasteiger partial charge >= 0.3 is 5.97 Å². The van der Waals surface area contributed by atoms with Gasteiger partial charge in [0.15, 0.2) is 0 Å². The highest BCUT2D eigenvalue weighted by atomic mass is 127. The summed E-state index contributed by atoms with van der Waals surface area (Å²) in [6.45, 7) is 2.17. The molecule has 0 bridgehead atoms. The zero-order valence-corrected chi connectivity index (χ0v) is 10.3. The predicted molar refractivity (Wildman–Crippen MR) is 61.1 cm³/mol. The summed E-state index contributed by atoms with van der Waals surface area (Å²) in [5, 5.41) is 0. The number of hydrogen-bond acceptors (Lipinski definition) is 2. The van der Waals surface area contributed by atoms with Gasteiger partial charge in [0.05, 0.1) is 0 Å². The van der Waals surface area contributed by atoms with E-state index in [1.165, 1.54) is 6.42 Å². The number of halogens is 1. The van der Waals surface area contributed by atoms with E-state index in [9.17, 15) is 4.79 Å². The van der Waals surface area contributed by atoms with Crippen molar-refractivity contribution in [3.05, 3.63) is 0 Å². The number of alkyl halides is 1. The van der Waals surface area contributed by atoms with Crippen LogP contribution in [0.15, 0.2) is 0 Å². The van der Waals surface area contributed by atoms with Crippen LogP contribution >= 0.6 is 22.6 Å². The zero-order valence-electron chi connectivity index (χ0n) is 8.14. The Kier molecular flexibility index (Phi) is 4.49. The molecule has 1 aliphatic heterocycles. The number of unbranched alkanes of at least 4 members (excludes halogenated alkanes) is 1. The topological polar surface area (TPSA) is 26.3 Å². The first-order valence-corrected chi connectivity index (χ1v) is 6.53.